The van der Waals surface area contributed by atoms with Gasteiger partial charge in [-0.1, -0.05) is 0 Å². The summed E-state index contributed by atoms with van der Waals surface area (Å²) in [4.78, 5) is 18.8. The van der Waals surface area contributed by atoms with Crippen LogP contribution in [-0.4, -0.2) is 36.2 Å². The molecule has 0 saturated carbocycles. The second-order valence-electron chi connectivity index (χ2n) is 4.60. The van der Waals surface area contributed by atoms with Crippen LogP contribution < -0.4 is 4.74 Å². The van der Waals surface area contributed by atoms with Gasteiger partial charge >= 0.3 is 0 Å². The minimum absolute atomic E-state index is 0.0908. The van der Waals surface area contributed by atoms with E-state index in [2.05, 4.69) is 4.99 Å². The number of hydrogen-bond acceptors (Lipinski definition) is 3. The number of aliphatic imine (C=N–C) groups is 1. The molecule has 0 radical (unpaired) electrons. The maximum atomic E-state index is 12.4. The predicted octanol–water partition coefficient (Wildman–Crippen LogP) is 2.41. The molecule has 0 spiro atoms. The van der Waals surface area contributed by atoms with Crippen molar-refractivity contribution >= 4 is 17.8 Å². The lowest BCUT2D eigenvalue weighted by molar-refractivity contribution is 0.0775. The first-order valence-corrected chi connectivity index (χ1v) is 6.41. The Morgan fingerprint density at radius 1 is 1.50 bits per heavy atom. The van der Waals surface area contributed by atoms with Gasteiger partial charge in [0.25, 0.3) is 5.91 Å². The van der Waals surface area contributed by atoms with E-state index in [-0.39, 0.29) is 11.9 Å². The molecule has 4 heteroatoms. The molecule has 2 aliphatic rings. The largest absolute Gasteiger partial charge is 0.494 e. The fraction of sp³-hybridized carbons (Fsp3) is 0.429. The van der Waals surface area contributed by atoms with Gasteiger partial charge in [-0.2, -0.15) is 0 Å². The zero-order chi connectivity index (χ0) is 12.5. The first-order chi connectivity index (χ1) is 8.79. The molecule has 1 amide bonds. The molecule has 1 fully saturated rings. The third-order valence-electron chi connectivity index (χ3n) is 3.46. The van der Waals surface area contributed by atoms with Crippen molar-refractivity contribution in [2.45, 2.75) is 25.8 Å². The van der Waals surface area contributed by atoms with Crippen molar-refractivity contribution in [1.29, 1.82) is 0 Å². The Balaban J connectivity index is 2.01. The maximum absolute atomic E-state index is 12.4. The average molecular weight is 244 g/mol. The van der Waals surface area contributed by atoms with Crippen LogP contribution in [0.5, 0.6) is 5.75 Å². The highest BCUT2D eigenvalue weighted by Gasteiger charge is 2.31. The van der Waals surface area contributed by atoms with E-state index < -0.39 is 0 Å². The molecular formula is C14H16N2O2. The Morgan fingerprint density at radius 2 is 2.39 bits per heavy atom. The molecule has 0 N–H and O–H groups in total. The number of carbonyl (C=O) groups is 1. The number of amides is 1. The molecule has 0 aromatic heterocycles. The van der Waals surface area contributed by atoms with E-state index in [0.29, 0.717) is 12.2 Å². The minimum atomic E-state index is 0.0908. The van der Waals surface area contributed by atoms with E-state index in [1.807, 2.05) is 36.2 Å². The molecule has 1 aromatic carbocycles. The minimum Gasteiger partial charge on any atom is -0.494 e. The monoisotopic (exact) mass is 244 g/mol. The van der Waals surface area contributed by atoms with Gasteiger partial charge in [0.1, 0.15) is 5.75 Å². The average Bonchev–Trinajstić information content (AvgIpc) is 2.80. The fourth-order valence-corrected chi connectivity index (χ4v) is 2.58. The third kappa shape index (κ3) is 1.78. The van der Waals surface area contributed by atoms with E-state index >= 15 is 0 Å². The van der Waals surface area contributed by atoms with Crippen molar-refractivity contribution < 1.29 is 9.53 Å². The Hall–Kier alpha value is -1.84. The van der Waals surface area contributed by atoms with Gasteiger partial charge in [-0.05, 0) is 31.9 Å². The van der Waals surface area contributed by atoms with Crippen LogP contribution in [0.2, 0.25) is 0 Å². The van der Waals surface area contributed by atoms with Gasteiger partial charge < -0.3 is 9.64 Å². The van der Waals surface area contributed by atoms with E-state index in [9.17, 15) is 4.79 Å². The second kappa shape index (κ2) is 4.44. The Bertz CT molecular complexity index is 511. The van der Waals surface area contributed by atoms with Crippen molar-refractivity contribution in [1.82, 2.24) is 4.90 Å². The number of hydrogen-bond donors (Lipinski definition) is 0. The summed E-state index contributed by atoms with van der Waals surface area (Å²) < 4.78 is 5.44. The Morgan fingerprint density at radius 3 is 3.22 bits per heavy atom. The van der Waals surface area contributed by atoms with Crippen molar-refractivity contribution in [2.75, 3.05) is 13.2 Å². The smallest absolute Gasteiger partial charge is 0.256 e. The highest BCUT2D eigenvalue weighted by Crippen LogP contribution is 2.31. The summed E-state index contributed by atoms with van der Waals surface area (Å²) in [6, 6.07) is 5.67. The Labute approximate surface area is 106 Å². The van der Waals surface area contributed by atoms with Gasteiger partial charge in [-0.3, -0.25) is 9.79 Å². The molecule has 3 rings (SSSR count). The van der Waals surface area contributed by atoms with E-state index in [0.717, 1.165) is 30.8 Å². The zero-order valence-electron chi connectivity index (χ0n) is 10.4. The zero-order valence-corrected chi connectivity index (χ0v) is 10.4. The van der Waals surface area contributed by atoms with Crippen LogP contribution in [0.1, 0.15) is 30.1 Å². The summed E-state index contributed by atoms with van der Waals surface area (Å²) in [6.07, 6.45) is 3.97. The van der Waals surface area contributed by atoms with Crippen LogP contribution in [0.3, 0.4) is 0 Å². The summed E-state index contributed by atoms with van der Waals surface area (Å²) in [5.74, 6) is 0.858. The standard InChI is InChI=1S/C14H16N2O2/c1-2-18-11-5-6-12-13(8-11)15-9-10-4-3-7-16(10)14(12)17/h5-6,8-10H,2-4,7H2,1H3/t10-/m0/s1. The molecular weight excluding hydrogens is 228 g/mol. The van der Waals surface area contributed by atoms with Gasteiger partial charge in [0.15, 0.2) is 0 Å². The number of nitrogens with zero attached hydrogens (tertiary/aromatic N) is 2. The fourth-order valence-electron chi connectivity index (χ4n) is 2.58. The normalized spacial score (nSPS) is 21.5. The summed E-state index contributed by atoms with van der Waals surface area (Å²) in [6.45, 7) is 3.39. The molecule has 0 unspecified atom stereocenters. The molecule has 0 aliphatic carbocycles. The first-order valence-electron chi connectivity index (χ1n) is 6.41. The maximum Gasteiger partial charge on any atom is 0.256 e. The molecule has 18 heavy (non-hydrogen) atoms. The summed E-state index contributed by atoms with van der Waals surface area (Å²) in [5, 5.41) is 0. The van der Waals surface area contributed by atoms with Crippen molar-refractivity contribution in [3.8, 4) is 5.75 Å². The predicted molar refractivity (Wildman–Crippen MR) is 69.8 cm³/mol. The molecule has 94 valence electrons. The number of carbonyl (C=O) groups excluding carboxylic acids is 1. The number of fused-ring (bicyclic) bond motifs is 2. The lowest BCUT2D eigenvalue weighted by atomic mass is 10.1. The van der Waals surface area contributed by atoms with E-state index in [1.165, 1.54) is 0 Å². The number of rotatable bonds is 2. The van der Waals surface area contributed by atoms with Gasteiger partial charge in [0.05, 0.1) is 23.9 Å². The molecule has 2 aliphatic heterocycles. The quantitative estimate of drug-likeness (QED) is 0.801. The second-order valence-corrected chi connectivity index (χ2v) is 4.60. The lowest BCUT2D eigenvalue weighted by Crippen LogP contribution is -2.35. The van der Waals surface area contributed by atoms with Crippen LogP contribution in [0.15, 0.2) is 23.2 Å². The van der Waals surface area contributed by atoms with Crippen LogP contribution >= 0.6 is 0 Å². The highest BCUT2D eigenvalue weighted by molar-refractivity contribution is 6.02. The van der Waals surface area contributed by atoms with Crippen molar-refractivity contribution in [3.63, 3.8) is 0 Å². The van der Waals surface area contributed by atoms with Gasteiger partial charge in [0, 0.05) is 18.8 Å². The number of ether oxygens (including phenoxy) is 1. The van der Waals surface area contributed by atoms with Crippen LogP contribution in [0.4, 0.5) is 5.69 Å². The van der Waals surface area contributed by atoms with E-state index in [4.69, 9.17) is 4.74 Å². The highest BCUT2D eigenvalue weighted by atomic mass is 16.5. The topological polar surface area (TPSA) is 41.9 Å². The third-order valence-corrected chi connectivity index (χ3v) is 3.46. The molecule has 0 bridgehead atoms. The van der Waals surface area contributed by atoms with Crippen LogP contribution in [0.25, 0.3) is 0 Å². The SMILES string of the molecule is CCOc1ccc2c(c1)N=C[C@@H]1CCCN1C2=O. The van der Waals surface area contributed by atoms with Crippen LogP contribution in [0, 0.1) is 0 Å². The molecule has 4 nitrogen and oxygen atoms in total. The summed E-state index contributed by atoms with van der Waals surface area (Å²) >= 11 is 0. The van der Waals surface area contributed by atoms with Gasteiger partial charge in [-0.15, -0.1) is 0 Å². The van der Waals surface area contributed by atoms with Crippen LogP contribution in [-0.2, 0) is 0 Å². The number of benzene rings is 1. The molecule has 2 heterocycles. The van der Waals surface area contributed by atoms with Gasteiger partial charge in [0.2, 0.25) is 0 Å². The van der Waals surface area contributed by atoms with Crippen molar-refractivity contribution in [2.24, 2.45) is 4.99 Å². The summed E-state index contributed by atoms with van der Waals surface area (Å²) in [5.41, 5.74) is 1.40. The Kier molecular flexibility index (Phi) is 2.78. The molecule has 1 saturated heterocycles. The lowest BCUT2D eigenvalue weighted by Gasteiger charge is -2.19. The molecule has 1 aromatic rings. The van der Waals surface area contributed by atoms with Crippen molar-refractivity contribution in [3.05, 3.63) is 23.8 Å². The first kappa shape index (κ1) is 11.3. The molecule has 1 atom stereocenters. The van der Waals surface area contributed by atoms with E-state index in [1.54, 1.807) is 0 Å². The van der Waals surface area contributed by atoms with Gasteiger partial charge in [-0.25, -0.2) is 0 Å². The summed E-state index contributed by atoms with van der Waals surface area (Å²) in [7, 11) is 0.